The standard InChI is InChI=1S/C22H21ClF2N4O2/c1-11-7-16(15(23)9-26-11)27-13-5-6-17-14(8-13)18-19(21(30)29(17)2)31-10-22(24,25)20(28-18)12-3-4-12/h5-9,12,20,28H,3-4,10H2,1-2H3,(H,26,27)/t20-/m0/s1. The first-order valence-corrected chi connectivity index (χ1v) is 10.5. The fourth-order valence-electron chi connectivity index (χ4n) is 4.08. The number of nitrogens with one attached hydrogen (secondary N) is 2. The molecule has 0 saturated heterocycles. The first-order chi connectivity index (χ1) is 14.7. The number of pyridine rings is 2. The third-order valence-electron chi connectivity index (χ3n) is 5.88. The zero-order chi connectivity index (χ0) is 21.9. The Morgan fingerprint density at radius 2 is 2.10 bits per heavy atom. The van der Waals surface area contributed by atoms with Crippen LogP contribution >= 0.6 is 11.6 Å². The van der Waals surface area contributed by atoms with E-state index < -0.39 is 24.1 Å². The first kappa shape index (κ1) is 20.1. The van der Waals surface area contributed by atoms with Gasteiger partial charge in [-0.2, -0.15) is 0 Å². The molecule has 31 heavy (non-hydrogen) atoms. The summed E-state index contributed by atoms with van der Waals surface area (Å²) < 4.78 is 36.3. The number of halogens is 3. The Morgan fingerprint density at radius 1 is 1.32 bits per heavy atom. The third kappa shape index (κ3) is 3.48. The van der Waals surface area contributed by atoms with Crippen LogP contribution in [0.15, 0.2) is 35.3 Å². The highest BCUT2D eigenvalue weighted by molar-refractivity contribution is 6.33. The van der Waals surface area contributed by atoms with Gasteiger partial charge in [0.25, 0.3) is 5.56 Å². The van der Waals surface area contributed by atoms with Crippen LogP contribution in [0.1, 0.15) is 18.5 Å². The van der Waals surface area contributed by atoms with Crippen LogP contribution in [0.4, 0.5) is 25.8 Å². The number of aryl methyl sites for hydroxylation is 2. The number of aromatic nitrogens is 2. The molecule has 6 nitrogen and oxygen atoms in total. The first-order valence-electron chi connectivity index (χ1n) is 10.1. The number of benzene rings is 1. The van der Waals surface area contributed by atoms with Gasteiger partial charge in [-0.05, 0) is 49.9 Å². The summed E-state index contributed by atoms with van der Waals surface area (Å²) in [6.07, 6.45) is 3.03. The van der Waals surface area contributed by atoms with Gasteiger partial charge < -0.3 is 19.9 Å². The van der Waals surface area contributed by atoms with Crippen molar-refractivity contribution in [2.75, 3.05) is 17.2 Å². The molecule has 162 valence electrons. The zero-order valence-electron chi connectivity index (χ0n) is 17.0. The fourth-order valence-corrected chi connectivity index (χ4v) is 4.23. The lowest BCUT2D eigenvalue weighted by Gasteiger charge is -2.25. The molecule has 1 atom stereocenters. The van der Waals surface area contributed by atoms with Gasteiger partial charge >= 0.3 is 5.92 Å². The summed E-state index contributed by atoms with van der Waals surface area (Å²) in [4.78, 5) is 17.0. The Hall–Kier alpha value is -2.87. The van der Waals surface area contributed by atoms with E-state index in [0.717, 1.165) is 18.5 Å². The maximum Gasteiger partial charge on any atom is 0.301 e. The molecule has 1 aliphatic carbocycles. The fraction of sp³-hybridized carbons (Fsp3) is 0.364. The molecule has 1 fully saturated rings. The summed E-state index contributed by atoms with van der Waals surface area (Å²) in [7, 11) is 1.60. The van der Waals surface area contributed by atoms with E-state index >= 15 is 0 Å². The number of nitrogens with zero attached hydrogens (tertiary/aromatic N) is 2. The molecule has 0 bridgehead atoms. The SMILES string of the molecule is Cc1cc(Nc2ccc3c(c2)c2c(c(=O)n3C)OCC(F)(F)[C@H](C3CC3)N2)c(Cl)cn1. The Labute approximate surface area is 182 Å². The molecule has 5 rings (SSSR count). The second-order valence-electron chi connectivity index (χ2n) is 8.24. The quantitative estimate of drug-likeness (QED) is 0.601. The topological polar surface area (TPSA) is 68.2 Å². The molecule has 3 aromatic rings. The van der Waals surface area contributed by atoms with E-state index in [4.69, 9.17) is 16.3 Å². The molecule has 2 aliphatic rings. The van der Waals surface area contributed by atoms with Gasteiger partial charge in [-0.15, -0.1) is 0 Å². The van der Waals surface area contributed by atoms with Crippen LogP contribution in [-0.4, -0.2) is 28.1 Å². The Morgan fingerprint density at radius 3 is 2.84 bits per heavy atom. The highest BCUT2D eigenvalue weighted by Gasteiger charge is 2.51. The van der Waals surface area contributed by atoms with Gasteiger partial charge in [0.15, 0.2) is 6.61 Å². The van der Waals surface area contributed by atoms with Crippen molar-refractivity contribution < 1.29 is 13.5 Å². The smallest absolute Gasteiger partial charge is 0.301 e. The largest absolute Gasteiger partial charge is 0.480 e. The summed E-state index contributed by atoms with van der Waals surface area (Å²) in [5.74, 6) is -3.29. The number of fused-ring (bicyclic) bond motifs is 3. The normalized spacial score (nSPS) is 19.8. The Balaban J connectivity index is 1.65. The summed E-state index contributed by atoms with van der Waals surface area (Å²) in [5, 5.41) is 7.31. The highest BCUT2D eigenvalue weighted by Crippen LogP contribution is 2.45. The molecule has 1 aliphatic heterocycles. The number of rotatable bonds is 3. The second-order valence-corrected chi connectivity index (χ2v) is 8.65. The van der Waals surface area contributed by atoms with E-state index in [1.807, 2.05) is 25.1 Å². The van der Waals surface area contributed by atoms with Crippen molar-refractivity contribution in [3.63, 3.8) is 0 Å². The molecule has 1 saturated carbocycles. The van der Waals surface area contributed by atoms with Crippen molar-refractivity contribution in [2.45, 2.75) is 31.7 Å². The van der Waals surface area contributed by atoms with Crippen LogP contribution < -0.4 is 20.9 Å². The van der Waals surface area contributed by atoms with E-state index in [1.165, 1.54) is 4.57 Å². The van der Waals surface area contributed by atoms with E-state index in [1.54, 1.807) is 19.3 Å². The molecule has 0 spiro atoms. The van der Waals surface area contributed by atoms with Gasteiger partial charge in [0.05, 0.1) is 28.0 Å². The predicted octanol–water partition coefficient (Wildman–Crippen LogP) is 4.86. The van der Waals surface area contributed by atoms with E-state index in [-0.39, 0.29) is 11.7 Å². The molecule has 9 heteroatoms. The third-order valence-corrected chi connectivity index (χ3v) is 6.18. The van der Waals surface area contributed by atoms with Gasteiger partial charge in [0.2, 0.25) is 5.75 Å². The molecular weight excluding hydrogens is 426 g/mol. The van der Waals surface area contributed by atoms with E-state index in [9.17, 15) is 13.6 Å². The summed E-state index contributed by atoms with van der Waals surface area (Å²) in [6, 6.07) is 6.14. The maximum atomic E-state index is 14.7. The van der Waals surface area contributed by atoms with Gasteiger partial charge in [-0.1, -0.05) is 11.6 Å². The minimum Gasteiger partial charge on any atom is -0.480 e. The van der Waals surface area contributed by atoms with Crippen LogP contribution in [0, 0.1) is 12.8 Å². The lowest BCUT2D eigenvalue weighted by Crippen LogP contribution is -2.44. The zero-order valence-corrected chi connectivity index (χ0v) is 17.8. The van der Waals surface area contributed by atoms with Gasteiger partial charge in [-0.3, -0.25) is 9.78 Å². The van der Waals surface area contributed by atoms with E-state index in [0.29, 0.717) is 33.0 Å². The molecule has 2 aromatic heterocycles. The van der Waals surface area contributed by atoms with Crippen LogP contribution in [0.5, 0.6) is 5.75 Å². The number of anilines is 3. The molecule has 2 N–H and O–H groups in total. The minimum absolute atomic E-state index is 0.0761. The van der Waals surface area contributed by atoms with Crippen molar-refractivity contribution in [1.82, 2.24) is 9.55 Å². The molecule has 0 radical (unpaired) electrons. The molecular formula is C22H21ClF2N4O2. The number of hydrogen-bond acceptors (Lipinski definition) is 5. The maximum absolute atomic E-state index is 14.7. The number of hydrogen-bond donors (Lipinski definition) is 2. The summed E-state index contributed by atoms with van der Waals surface area (Å²) in [5.41, 5.74) is 2.65. The van der Waals surface area contributed by atoms with Crippen molar-refractivity contribution >= 4 is 39.6 Å². The van der Waals surface area contributed by atoms with Gasteiger partial charge in [0, 0.05) is 30.0 Å². The molecule has 3 heterocycles. The van der Waals surface area contributed by atoms with Crippen molar-refractivity contribution in [2.24, 2.45) is 13.0 Å². The second kappa shape index (κ2) is 7.09. The molecule has 1 aromatic carbocycles. The average molecular weight is 447 g/mol. The minimum atomic E-state index is -3.07. The van der Waals surface area contributed by atoms with Crippen LogP contribution in [0.3, 0.4) is 0 Å². The monoisotopic (exact) mass is 446 g/mol. The lowest BCUT2D eigenvalue weighted by molar-refractivity contribution is -0.0579. The highest BCUT2D eigenvalue weighted by atomic mass is 35.5. The predicted molar refractivity (Wildman–Crippen MR) is 117 cm³/mol. The van der Waals surface area contributed by atoms with Gasteiger partial charge in [-0.25, -0.2) is 8.78 Å². The van der Waals surface area contributed by atoms with Crippen molar-refractivity contribution in [3.05, 3.63) is 51.5 Å². The Kier molecular flexibility index (Phi) is 4.58. The molecule has 0 unspecified atom stereocenters. The van der Waals surface area contributed by atoms with Crippen LogP contribution in [0.25, 0.3) is 10.9 Å². The summed E-state index contributed by atoms with van der Waals surface area (Å²) >= 11 is 6.25. The number of alkyl halides is 2. The van der Waals surface area contributed by atoms with Crippen molar-refractivity contribution in [3.8, 4) is 5.75 Å². The Bertz CT molecular complexity index is 1260. The van der Waals surface area contributed by atoms with Crippen LogP contribution in [-0.2, 0) is 7.05 Å². The van der Waals surface area contributed by atoms with Crippen molar-refractivity contribution in [1.29, 1.82) is 0 Å². The average Bonchev–Trinajstić information content (AvgIpc) is 3.56. The molecule has 0 amide bonds. The summed E-state index contributed by atoms with van der Waals surface area (Å²) in [6.45, 7) is 1.04. The van der Waals surface area contributed by atoms with Gasteiger partial charge in [0.1, 0.15) is 0 Å². The number of ether oxygens (including phenoxy) is 1. The van der Waals surface area contributed by atoms with E-state index in [2.05, 4.69) is 15.6 Å². The lowest BCUT2D eigenvalue weighted by atomic mass is 10.0. The van der Waals surface area contributed by atoms with Crippen LogP contribution in [0.2, 0.25) is 5.02 Å².